The molecule has 0 fully saturated rings. The highest BCUT2D eigenvalue weighted by atomic mass is 32.1. The highest BCUT2D eigenvalue weighted by molar-refractivity contribution is 7.80. The number of thiol groups is 1. The zero-order valence-electron chi connectivity index (χ0n) is 7.24. The fourth-order valence-corrected chi connectivity index (χ4v) is 2.94. The number of thiophene rings is 1. The Bertz CT molecular complexity index is 445. The molecule has 0 saturated carbocycles. The van der Waals surface area contributed by atoms with E-state index in [1.807, 2.05) is 6.07 Å². The average molecular weight is 210 g/mol. The van der Waals surface area contributed by atoms with Crippen molar-refractivity contribution in [2.24, 2.45) is 0 Å². The van der Waals surface area contributed by atoms with Crippen LogP contribution in [0.25, 0.3) is 10.1 Å². The molecule has 1 heterocycles. The summed E-state index contributed by atoms with van der Waals surface area (Å²) >= 11 is 6.19. The summed E-state index contributed by atoms with van der Waals surface area (Å²) in [7, 11) is 0. The molecule has 0 atom stereocenters. The molecular weight excluding hydrogens is 200 g/mol. The second-order valence-electron chi connectivity index (χ2n) is 2.91. The lowest BCUT2D eigenvalue weighted by atomic mass is 10.2. The van der Waals surface area contributed by atoms with Gasteiger partial charge in [-0.15, -0.1) is 24.0 Å². The van der Waals surface area contributed by atoms with Crippen LogP contribution in [0.4, 0.5) is 0 Å². The van der Waals surface area contributed by atoms with Crippen LogP contribution in [0.2, 0.25) is 0 Å². The summed E-state index contributed by atoms with van der Waals surface area (Å²) in [5.41, 5.74) is 0. The summed E-state index contributed by atoms with van der Waals surface area (Å²) in [5.74, 6) is 0.309. The second kappa shape index (κ2) is 3.24. The number of benzene rings is 1. The van der Waals surface area contributed by atoms with Crippen molar-refractivity contribution >= 4 is 34.1 Å². The maximum absolute atomic E-state index is 9.31. The van der Waals surface area contributed by atoms with Crippen LogP contribution >= 0.6 is 24.0 Å². The lowest BCUT2D eigenvalue weighted by Gasteiger charge is -1.93. The molecule has 3 heteroatoms. The smallest absolute Gasteiger partial charge is 0.116 e. The summed E-state index contributed by atoms with van der Waals surface area (Å²) in [6, 6.07) is 5.42. The number of hydrogen-bond donors (Lipinski definition) is 2. The molecule has 2 aromatic rings. The maximum atomic E-state index is 9.31. The summed E-state index contributed by atoms with van der Waals surface area (Å²) in [6.07, 6.45) is 0.999. The normalized spacial score (nSPS) is 10.9. The number of phenolic OH excluding ortho intramolecular Hbond substituents is 1. The molecule has 0 aliphatic rings. The zero-order chi connectivity index (χ0) is 9.42. The van der Waals surface area contributed by atoms with Gasteiger partial charge in [-0.1, -0.05) is 6.92 Å². The van der Waals surface area contributed by atoms with Gasteiger partial charge >= 0.3 is 0 Å². The van der Waals surface area contributed by atoms with Crippen molar-refractivity contribution in [2.45, 2.75) is 18.2 Å². The van der Waals surface area contributed by atoms with E-state index in [9.17, 15) is 5.11 Å². The van der Waals surface area contributed by atoms with Crippen LogP contribution in [-0.4, -0.2) is 5.11 Å². The molecule has 0 aliphatic carbocycles. The Morgan fingerprint density at radius 1 is 1.46 bits per heavy atom. The fraction of sp³-hybridized carbons (Fsp3) is 0.200. The minimum Gasteiger partial charge on any atom is -0.508 e. The molecule has 0 unspecified atom stereocenters. The Balaban J connectivity index is 2.77. The largest absolute Gasteiger partial charge is 0.508 e. The van der Waals surface area contributed by atoms with Crippen molar-refractivity contribution in [1.29, 1.82) is 0 Å². The topological polar surface area (TPSA) is 20.2 Å². The third kappa shape index (κ3) is 1.42. The average Bonchev–Trinajstić information content (AvgIpc) is 2.44. The number of phenols is 1. The lowest BCUT2D eigenvalue weighted by Crippen LogP contribution is -1.71. The van der Waals surface area contributed by atoms with Crippen molar-refractivity contribution in [3.05, 3.63) is 23.1 Å². The molecule has 0 aliphatic heterocycles. The summed E-state index contributed by atoms with van der Waals surface area (Å²) in [4.78, 5) is 2.29. The quantitative estimate of drug-likeness (QED) is 0.691. The molecule has 1 aromatic carbocycles. The number of hydrogen-bond acceptors (Lipinski definition) is 3. The van der Waals surface area contributed by atoms with E-state index in [-0.39, 0.29) is 0 Å². The van der Waals surface area contributed by atoms with Gasteiger partial charge < -0.3 is 5.11 Å². The molecule has 0 saturated heterocycles. The number of aryl methyl sites for hydroxylation is 1. The van der Waals surface area contributed by atoms with E-state index in [0.717, 1.165) is 16.7 Å². The predicted octanol–water partition coefficient (Wildman–Crippen LogP) is 3.46. The van der Waals surface area contributed by atoms with Gasteiger partial charge in [-0.25, -0.2) is 0 Å². The molecule has 0 amide bonds. The van der Waals surface area contributed by atoms with Gasteiger partial charge in [-0.05, 0) is 24.6 Å². The second-order valence-corrected chi connectivity index (χ2v) is 4.49. The van der Waals surface area contributed by atoms with E-state index >= 15 is 0 Å². The van der Waals surface area contributed by atoms with E-state index in [1.54, 1.807) is 23.5 Å². The van der Waals surface area contributed by atoms with Gasteiger partial charge in [0.2, 0.25) is 0 Å². The summed E-state index contributed by atoms with van der Waals surface area (Å²) in [6.45, 7) is 2.12. The van der Waals surface area contributed by atoms with Crippen LogP contribution < -0.4 is 0 Å². The molecule has 1 nitrogen and oxygen atoms in total. The van der Waals surface area contributed by atoms with Crippen molar-refractivity contribution in [3.63, 3.8) is 0 Å². The van der Waals surface area contributed by atoms with E-state index in [4.69, 9.17) is 0 Å². The van der Waals surface area contributed by atoms with Crippen LogP contribution in [0.1, 0.15) is 11.8 Å². The van der Waals surface area contributed by atoms with Crippen LogP contribution in [0.15, 0.2) is 23.1 Å². The number of aromatic hydroxyl groups is 1. The molecule has 13 heavy (non-hydrogen) atoms. The number of fused-ring (bicyclic) bond motifs is 1. The summed E-state index contributed by atoms with van der Waals surface area (Å²) in [5, 5.41) is 10.4. The first-order valence-corrected chi connectivity index (χ1v) is 5.42. The first kappa shape index (κ1) is 8.91. The fourth-order valence-electron chi connectivity index (χ4n) is 1.36. The Hall–Kier alpha value is -0.670. The molecule has 1 aromatic heterocycles. The van der Waals surface area contributed by atoms with Crippen LogP contribution in [0.3, 0.4) is 0 Å². The van der Waals surface area contributed by atoms with Gasteiger partial charge in [0, 0.05) is 19.9 Å². The lowest BCUT2D eigenvalue weighted by molar-refractivity contribution is 0.476. The molecular formula is C10H10OS2. The van der Waals surface area contributed by atoms with E-state index < -0.39 is 0 Å². The number of rotatable bonds is 1. The first-order valence-electron chi connectivity index (χ1n) is 4.15. The molecule has 0 bridgehead atoms. The van der Waals surface area contributed by atoms with Crippen LogP contribution in [0.5, 0.6) is 5.75 Å². The third-order valence-electron chi connectivity index (χ3n) is 2.04. The summed E-state index contributed by atoms with van der Waals surface area (Å²) < 4.78 is 1.19. The minimum atomic E-state index is 0.309. The monoisotopic (exact) mass is 210 g/mol. The highest BCUT2D eigenvalue weighted by Crippen LogP contribution is 2.35. The van der Waals surface area contributed by atoms with Gasteiger partial charge in [-0.3, -0.25) is 0 Å². The first-order chi connectivity index (χ1) is 6.22. The standard InChI is InChI=1S/C10H10OS2/c1-2-8-10(12)7-5-6(11)3-4-9(7)13-8/h3-5,11-12H,2H2,1H3. The van der Waals surface area contributed by atoms with Crippen LogP contribution in [0, 0.1) is 0 Å². The van der Waals surface area contributed by atoms with Gasteiger partial charge in [0.25, 0.3) is 0 Å². The molecule has 1 N–H and O–H groups in total. The van der Waals surface area contributed by atoms with Crippen molar-refractivity contribution in [2.75, 3.05) is 0 Å². The van der Waals surface area contributed by atoms with Crippen molar-refractivity contribution < 1.29 is 5.11 Å². The Labute approximate surface area is 86.4 Å². The molecule has 2 rings (SSSR count). The van der Waals surface area contributed by atoms with Gasteiger partial charge in [0.15, 0.2) is 0 Å². The Kier molecular flexibility index (Phi) is 2.22. The zero-order valence-corrected chi connectivity index (χ0v) is 8.95. The van der Waals surface area contributed by atoms with E-state index in [0.29, 0.717) is 5.75 Å². The van der Waals surface area contributed by atoms with E-state index in [1.165, 1.54) is 9.58 Å². The molecule has 0 radical (unpaired) electrons. The SMILES string of the molecule is CCc1sc2ccc(O)cc2c1S. The minimum absolute atomic E-state index is 0.309. The Morgan fingerprint density at radius 2 is 2.23 bits per heavy atom. The van der Waals surface area contributed by atoms with Crippen molar-refractivity contribution in [3.8, 4) is 5.75 Å². The maximum Gasteiger partial charge on any atom is 0.116 e. The van der Waals surface area contributed by atoms with Crippen molar-refractivity contribution in [1.82, 2.24) is 0 Å². The van der Waals surface area contributed by atoms with Gasteiger partial charge in [-0.2, -0.15) is 0 Å². The van der Waals surface area contributed by atoms with E-state index in [2.05, 4.69) is 19.6 Å². The highest BCUT2D eigenvalue weighted by Gasteiger charge is 2.07. The molecule has 68 valence electrons. The van der Waals surface area contributed by atoms with Crippen LogP contribution in [-0.2, 0) is 6.42 Å². The third-order valence-corrected chi connectivity index (χ3v) is 4.01. The van der Waals surface area contributed by atoms with Gasteiger partial charge in [0.05, 0.1) is 0 Å². The molecule has 0 spiro atoms. The van der Waals surface area contributed by atoms with Gasteiger partial charge in [0.1, 0.15) is 5.75 Å². The Morgan fingerprint density at radius 3 is 2.92 bits per heavy atom. The predicted molar refractivity (Wildman–Crippen MR) is 60.1 cm³/mol.